The maximum atomic E-state index is 12.2. The Morgan fingerprint density at radius 3 is 2.52 bits per heavy atom. The minimum absolute atomic E-state index is 0. The van der Waals surface area contributed by atoms with E-state index in [1.807, 2.05) is 4.90 Å². The van der Waals surface area contributed by atoms with Gasteiger partial charge in [-0.3, -0.25) is 4.79 Å². The Hall–Kier alpha value is -1.10. The number of benzene rings is 1. The van der Waals surface area contributed by atoms with Crippen molar-refractivity contribution in [2.75, 3.05) is 26.7 Å². The van der Waals surface area contributed by atoms with E-state index in [0.717, 1.165) is 38.3 Å². The Morgan fingerprint density at radius 2 is 1.96 bits per heavy atom. The van der Waals surface area contributed by atoms with Crippen LogP contribution in [0.25, 0.3) is 0 Å². The average molecular weight is 341 g/mol. The van der Waals surface area contributed by atoms with Crippen molar-refractivity contribution in [2.24, 2.45) is 11.7 Å². The van der Waals surface area contributed by atoms with Gasteiger partial charge in [0.15, 0.2) is 0 Å². The first-order chi connectivity index (χ1) is 10.7. The highest BCUT2D eigenvalue weighted by Gasteiger charge is 2.24. The number of hydrogen-bond donors (Lipinski definition) is 1. The number of nitrogens with two attached hydrogens (primary N) is 1. The van der Waals surface area contributed by atoms with Crippen molar-refractivity contribution in [1.29, 1.82) is 0 Å². The fourth-order valence-corrected chi connectivity index (χ4v) is 3.07. The molecule has 0 aliphatic carbocycles. The van der Waals surface area contributed by atoms with Crippen LogP contribution in [0, 0.1) is 5.92 Å². The first-order valence-corrected chi connectivity index (χ1v) is 8.27. The maximum absolute atomic E-state index is 12.2. The summed E-state index contributed by atoms with van der Waals surface area (Å²) in [5.74, 6) is 0.913. The van der Waals surface area contributed by atoms with Gasteiger partial charge in [-0.15, -0.1) is 12.4 Å². The highest BCUT2D eigenvalue weighted by molar-refractivity contribution is 5.85. The molecule has 1 unspecified atom stereocenters. The van der Waals surface area contributed by atoms with Crippen LogP contribution < -0.4 is 5.73 Å². The van der Waals surface area contributed by atoms with Crippen molar-refractivity contribution in [3.8, 4) is 0 Å². The second-order valence-corrected chi connectivity index (χ2v) is 6.15. The molecule has 0 aromatic heterocycles. The number of halogens is 1. The third kappa shape index (κ3) is 6.50. The first kappa shape index (κ1) is 19.9. The number of amides is 1. The zero-order chi connectivity index (χ0) is 15.8. The standard InChI is InChI=1S/C18H28N2O2.ClH/c1-22-17(14-19)13-18(21)20-11-9-16(10-12-20)8-7-15-5-3-2-4-6-15;/h2-6,16-17H,7-14,19H2,1H3;1H. The molecule has 1 heterocycles. The van der Waals surface area contributed by atoms with E-state index >= 15 is 0 Å². The Balaban J connectivity index is 0.00000264. The normalized spacial score (nSPS) is 16.7. The summed E-state index contributed by atoms with van der Waals surface area (Å²) < 4.78 is 5.20. The molecule has 0 radical (unpaired) electrons. The van der Waals surface area contributed by atoms with E-state index in [0.29, 0.717) is 13.0 Å². The van der Waals surface area contributed by atoms with Gasteiger partial charge >= 0.3 is 0 Å². The lowest BCUT2D eigenvalue weighted by atomic mass is 9.90. The van der Waals surface area contributed by atoms with Crippen LogP contribution in [0.1, 0.15) is 31.2 Å². The SMILES string of the molecule is COC(CN)CC(=O)N1CCC(CCc2ccccc2)CC1.Cl. The van der Waals surface area contributed by atoms with Gasteiger partial charge < -0.3 is 15.4 Å². The Bertz CT molecular complexity index is 444. The van der Waals surface area contributed by atoms with Crippen LogP contribution in [0.3, 0.4) is 0 Å². The lowest BCUT2D eigenvalue weighted by molar-refractivity contribution is -0.135. The predicted octanol–water partition coefficient (Wildman–Crippen LogP) is 2.64. The number of ether oxygens (including phenoxy) is 1. The Labute approximate surface area is 145 Å². The van der Waals surface area contributed by atoms with Gasteiger partial charge in [-0.2, -0.15) is 0 Å². The van der Waals surface area contributed by atoms with Crippen LogP contribution in [0.15, 0.2) is 30.3 Å². The highest BCUT2D eigenvalue weighted by Crippen LogP contribution is 2.23. The number of methoxy groups -OCH3 is 1. The number of nitrogens with zero attached hydrogens (tertiary/aromatic N) is 1. The van der Waals surface area contributed by atoms with E-state index in [9.17, 15) is 4.79 Å². The zero-order valence-electron chi connectivity index (χ0n) is 13.9. The van der Waals surface area contributed by atoms with E-state index < -0.39 is 0 Å². The van der Waals surface area contributed by atoms with Gasteiger partial charge in [0.05, 0.1) is 12.5 Å². The third-order valence-corrected chi connectivity index (χ3v) is 4.65. The van der Waals surface area contributed by atoms with Crippen molar-refractivity contribution in [3.05, 3.63) is 35.9 Å². The second kappa shape index (κ2) is 10.6. The molecule has 5 heteroatoms. The van der Waals surface area contributed by atoms with Gasteiger partial charge in [-0.25, -0.2) is 0 Å². The van der Waals surface area contributed by atoms with Crippen molar-refractivity contribution in [2.45, 2.75) is 38.2 Å². The van der Waals surface area contributed by atoms with Gasteiger partial charge in [0.1, 0.15) is 0 Å². The number of rotatable bonds is 7. The van der Waals surface area contributed by atoms with Gasteiger partial charge in [0.2, 0.25) is 5.91 Å². The van der Waals surface area contributed by atoms with Crippen LogP contribution in [-0.2, 0) is 16.0 Å². The molecule has 1 aromatic carbocycles. The molecule has 1 aromatic rings. The van der Waals surface area contributed by atoms with E-state index in [-0.39, 0.29) is 24.4 Å². The fourth-order valence-electron chi connectivity index (χ4n) is 3.07. The minimum atomic E-state index is -0.150. The van der Waals surface area contributed by atoms with E-state index in [2.05, 4.69) is 30.3 Å². The number of carbonyl (C=O) groups excluding carboxylic acids is 1. The van der Waals surface area contributed by atoms with Crippen LogP contribution >= 0.6 is 12.4 Å². The molecule has 0 bridgehead atoms. The highest BCUT2D eigenvalue weighted by atomic mass is 35.5. The fraction of sp³-hybridized carbons (Fsp3) is 0.611. The minimum Gasteiger partial charge on any atom is -0.380 e. The lowest BCUT2D eigenvalue weighted by Crippen LogP contribution is -2.41. The number of aryl methyl sites for hydroxylation is 1. The summed E-state index contributed by atoms with van der Waals surface area (Å²) in [6, 6.07) is 10.6. The molecule has 2 rings (SSSR count). The zero-order valence-corrected chi connectivity index (χ0v) is 14.8. The largest absolute Gasteiger partial charge is 0.380 e. The van der Waals surface area contributed by atoms with Gasteiger partial charge in [-0.1, -0.05) is 30.3 Å². The summed E-state index contributed by atoms with van der Waals surface area (Å²) in [6.45, 7) is 2.15. The van der Waals surface area contributed by atoms with E-state index in [4.69, 9.17) is 10.5 Å². The van der Waals surface area contributed by atoms with Crippen molar-refractivity contribution >= 4 is 18.3 Å². The van der Waals surface area contributed by atoms with Crippen molar-refractivity contribution in [1.82, 2.24) is 4.90 Å². The molecule has 130 valence electrons. The van der Waals surface area contributed by atoms with Crippen LogP contribution in [-0.4, -0.2) is 43.7 Å². The summed E-state index contributed by atoms with van der Waals surface area (Å²) in [7, 11) is 1.61. The summed E-state index contributed by atoms with van der Waals surface area (Å²) in [5.41, 5.74) is 6.99. The van der Waals surface area contributed by atoms with Crippen molar-refractivity contribution in [3.63, 3.8) is 0 Å². The number of carbonyl (C=O) groups is 1. The predicted molar refractivity (Wildman–Crippen MR) is 95.8 cm³/mol. The summed E-state index contributed by atoms with van der Waals surface area (Å²) in [4.78, 5) is 14.2. The summed E-state index contributed by atoms with van der Waals surface area (Å²) >= 11 is 0. The maximum Gasteiger partial charge on any atom is 0.225 e. The second-order valence-electron chi connectivity index (χ2n) is 6.15. The third-order valence-electron chi connectivity index (χ3n) is 4.65. The topological polar surface area (TPSA) is 55.6 Å². The molecule has 23 heavy (non-hydrogen) atoms. The number of hydrogen-bond acceptors (Lipinski definition) is 3. The van der Waals surface area contributed by atoms with E-state index in [1.165, 1.54) is 12.0 Å². The van der Waals surface area contributed by atoms with Crippen LogP contribution in [0.2, 0.25) is 0 Å². The molecule has 1 atom stereocenters. The Morgan fingerprint density at radius 1 is 1.30 bits per heavy atom. The quantitative estimate of drug-likeness (QED) is 0.830. The van der Waals surface area contributed by atoms with Gasteiger partial charge in [0.25, 0.3) is 0 Å². The molecule has 1 aliphatic rings. The molecular weight excluding hydrogens is 312 g/mol. The Kier molecular flexibility index (Phi) is 9.22. The lowest BCUT2D eigenvalue weighted by Gasteiger charge is -2.32. The molecule has 1 saturated heterocycles. The number of likely N-dealkylation sites (tertiary alicyclic amines) is 1. The molecule has 0 spiro atoms. The number of piperidine rings is 1. The van der Waals surface area contributed by atoms with Crippen LogP contribution in [0.5, 0.6) is 0 Å². The molecule has 4 nitrogen and oxygen atoms in total. The molecule has 1 aliphatic heterocycles. The first-order valence-electron chi connectivity index (χ1n) is 8.27. The summed E-state index contributed by atoms with van der Waals surface area (Å²) in [6.07, 6.45) is 4.83. The van der Waals surface area contributed by atoms with E-state index in [1.54, 1.807) is 7.11 Å². The monoisotopic (exact) mass is 340 g/mol. The van der Waals surface area contributed by atoms with Gasteiger partial charge in [0, 0.05) is 26.7 Å². The molecule has 1 amide bonds. The van der Waals surface area contributed by atoms with Gasteiger partial charge in [-0.05, 0) is 37.2 Å². The molecule has 1 fully saturated rings. The smallest absolute Gasteiger partial charge is 0.225 e. The van der Waals surface area contributed by atoms with Crippen LogP contribution in [0.4, 0.5) is 0 Å². The summed E-state index contributed by atoms with van der Waals surface area (Å²) in [5, 5.41) is 0. The molecule has 0 saturated carbocycles. The molecule has 2 N–H and O–H groups in total. The van der Waals surface area contributed by atoms with Crippen molar-refractivity contribution < 1.29 is 9.53 Å². The molecular formula is C18H29ClN2O2. The average Bonchev–Trinajstić information content (AvgIpc) is 2.59.